The molecule has 15 heavy (non-hydrogen) atoms. The van der Waals surface area contributed by atoms with Crippen LogP contribution < -0.4 is 10.6 Å². The van der Waals surface area contributed by atoms with Crippen LogP contribution in [0.1, 0.15) is 26.7 Å². The summed E-state index contributed by atoms with van der Waals surface area (Å²) in [5.41, 5.74) is 0. The van der Waals surface area contributed by atoms with Gasteiger partial charge < -0.3 is 10.1 Å². The molecule has 0 spiro atoms. The van der Waals surface area contributed by atoms with E-state index in [9.17, 15) is 9.59 Å². The average Bonchev–Trinajstić information content (AvgIpc) is 2.98. The monoisotopic (exact) mass is 214 g/mol. The molecular weight excluding hydrogens is 196 g/mol. The lowest BCUT2D eigenvalue weighted by atomic mass is 10.3. The first-order chi connectivity index (χ1) is 7.13. The predicted octanol–water partition coefficient (Wildman–Crippen LogP) is -0.194. The molecule has 86 valence electrons. The van der Waals surface area contributed by atoms with E-state index in [2.05, 4.69) is 10.6 Å². The molecule has 0 heterocycles. The number of ether oxygens (including phenoxy) is 1. The van der Waals surface area contributed by atoms with Crippen LogP contribution in [0.25, 0.3) is 0 Å². The van der Waals surface area contributed by atoms with Gasteiger partial charge in [0.15, 0.2) is 0 Å². The topological polar surface area (TPSA) is 67.4 Å². The van der Waals surface area contributed by atoms with Crippen molar-refractivity contribution in [2.24, 2.45) is 0 Å². The van der Waals surface area contributed by atoms with Gasteiger partial charge in [0, 0.05) is 6.04 Å². The Morgan fingerprint density at radius 3 is 2.67 bits per heavy atom. The third-order valence-corrected chi connectivity index (χ3v) is 2.17. The number of nitrogens with one attached hydrogen (secondary N) is 2. The smallest absolute Gasteiger partial charge is 0.319 e. The summed E-state index contributed by atoms with van der Waals surface area (Å²) in [6, 6.07) is -0.000602. The standard InChI is InChI=1S/C10H18N2O3/c1-3-15-9(13)6-11-7(2)10(14)12-8-4-5-8/h7-8,11H,3-6H2,1-2H3,(H,12,14). The Labute approximate surface area is 89.6 Å². The Balaban J connectivity index is 2.13. The summed E-state index contributed by atoms with van der Waals surface area (Å²) in [7, 11) is 0. The van der Waals surface area contributed by atoms with E-state index >= 15 is 0 Å². The number of hydrogen-bond donors (Lipinski definition) is 2. The first kappa shape index (κ1) is 12.0. The Hall–Kier alpha value is -1.10. The highest BCUT2D eigenvalue weighted by molar-refractivity contribution is 5.82. The van der Waals surface area contributed by atoms with Crippen molar-refractivity contribution in [1.29, 1.82) is 0 Å². The fourth-order valence-electron chi connectivity index (χ4n) is 1.09. The van der Waals surface area contributed by atoms with Gasteiger partial charge in [-0.05, 0) is 26.7 Å². The average molecular weight is 214 g/mol. The normalized spacial score (nSPS) is 16.9. The molecule has 1 saturated carbocycles. The first-order valence-corrected chi connectivity index (χ1v) is 5.33. The molecule has 1 rings (SSSR count). The number of carbonyl (C=O) groups is 2. The van der Waals surface area contributed by atoms with Gasteiger partial charge in [-0.15, -0.1) is 0 Å². The van der Waals surface area contributed by atoms with Crippen molar-refractivity contribution >= 4 is 11.9 Å². The maximum atomic E-state index is 11.4. The summed E-state index contributed by atoms with van der Waals surface area (Å²) >= 11 is 0. The fraction of sp³-hybridized carbons (Fsp3) is 0.800. The van der Waals surface area contributed by atoms with Crippen LogP contribution in [0.15, 0.2) is 0 Å². The highest BCUT2D eigenvalue weighted by atomic mass is 16.5. The lowest BCUT2D eigenvalue weighted by Crippen LogP contribution is -2.44. The molecule has 1 amide bonds. The van der Waals surface area contributed by atoms with E-state index in [4.69, 9.17) is 4.74 Å². The quantitative estimate of drug-likeness (QED) is 0.601. The van der Waals surface area contributed by atoms with E-state index in [-0.39, 0.29) is 24.5 Å². The molecule has 5 heteroatoms. The summed E-state index contributed by atoms with van der Waals surface area (Å²) < 4.78 is 4.73. The summed E-state index contributed by atoms with van der Waals surface area (Å²) in [4.78, 5) is 22.4. The molecule has 1 fully saturated rings. The van der Waals surface area contributed by atoms with Gasteiger partial charge >= 0.3 is 5.97 Å². The molecule has 5 nitrogen and oxygen atoms in total. The molecule has 0 aromatic rings. The van der Waals surface area contributed by atoms with Gasteiger partial charge in [-0.3, -0.25) is 14.9 Å². The van der Waals surface area contributed by atoms with Gasteiger partial charge in [0.1, 0.15) is 0 Å². The second-order valence-corrected chi connectivity index (χ2v) is 3.69. The van der Waals surface area contributed by atoms with Crippen molar-refractivity contribution in [2.75, 3.05) is 13.2 Å². The van der Waals surface area contributed by atoms with Gasteiger partial charge in [0.05, 0.1) is 19.2 Å². The lowest BCUT2D eigenvalue weighted by Gasteiger charge is -2.12. The highest BCUT2D eigenvalue weighted by Crippen LogP contribution is 2.18. The molecule has 1 atom stereocenters. The van der Waals surface area contributed by atoms with Crippen LogP contribution in [0.4, 0.5) is 0 Å². The molecule has 2 N–H and O–H groups in total. The lowest BCUT2D eigenvalue weighted by molar-refractivity contribution is -0.142. The number of rotatable bonds is 6. The van der Waals surface area contributed by atoms with Crippen molar-refractivity contribution in [2.45, 2.75) is 38.8 Å². The van der Waals surface area contributed by atoms with E-state index in [0.717, 1.165) is 12.8 Å². The summed E-state index contributed by atoms with van der Waals surface area (Å²) in [6.45, 7) is 3.92. The molecule has 1 aliphatic rings. The first-order valence-electron chi connectivity index (χ1n) is 5.33. The molecule has 1 unspecified atom stereocenters. The van der Waals surface area contributed by atoms with E-state index in [1.54, 1.807) is 13.8 Å². The van der Waals surface area contributed by atoms with Crippen molar-refractivity contribution in [3.8, 4) is 0 Å². The van der Waals surface area contributed by atoms with Crippen molar-refractivity contribution in [1.82, 2.24) is 10.6 Å². The molecule has 0 saturated heterocycles. The minimum atomic E-state index is -0.352. The zero-order valence-corrected chi connectivity index (χ0v) is 9.21. The Morgan fingerprint density at radius 2 is 2.13 bits per heavy atom. The van der Waals surface area contributed by atoms with E-state index in [0.29, 0.717) is 12.6 Å². The number of hydrogen-bond acceptors (Lipinski definition) is 4. The zero-order valence-electron chi connectivity index (χ0n) is 9.21. The molecule has 1 aliphatic carbocycles. The van der Waals surface area contributed by atoms with Crippen LogP contribution in [0.2, 0.25) is 0 Å². The zero-order chi connectivity index (χ0) is 11.3. The summed E-state index contributed by atoms with van der Waals surface area (Å²) in [5.74, 6) is -0.384. The molecule has 0 bridgehead atoms. The van der Waals surface area contributed by atoms with Gasteiger partial charge in [-0.1, -0.05) is 0 Å². The maximum Gasteiger partial charge on any atom is 0.319 e. The summed E-state index contributed by atoms with van der Waals surface area (Å²) in [5, 5.41) is 5.67. The molecule has 0 aromatic heterocycles. The van der Waals surface area contributed by atoms with E-state index in [1.807, 2.05) is 0 Å². The van der Waals surface area contributed by atoms with Crippen LogP contribution in [0.5, 0.6) is 0 Å². The van der Waals surface area contributed by atoms with E-state index < -0.39 is 0 Å². The second-order valence-electron chi connectivity index (χ2n) is 3.69. The Kier molecular flexibility index (Phi) is 4.55. The number of esters is 1. The van der Waals surface area contributed by atoms with Crippen LogP contribution in [-0.2, 0) is 14.3 Å². The third kappa shape index (κ3) is 4.78. The Morgan fingerprint density at radius 1 is 1.47 bits per heavy atom. The fourth-order valence-corrected chi connectivity index (χ4v) is 1.09. The predicted molar refractivity (Wildman–Crippen MR) is 55.3 cm³/mol. The molecular formula is C10H18N2O3. The van der Waals surface area contributed by atoms with Gasteiger partial charge in [-0.2, -0.15) is 0 Å². The van der Waals surface area contributed by atoms with Crippen LogP contribution in [0.3, 0.4) is 0 Å². The maximum absolute atomic E-state index is 11.4. The van der Waals surface area contributed by atoms with Crippen molar-refractivity contribution in [3.05, 3.63) is 0 Å². The Bertz CT molecular complexity index is 239. The minimum absolute atomic E-state index is 0.0539. The molecule has 0 radical (unpaired) electrons. The number of carbonyl (C=O) groups excluding carboxylic acids is 2. The second kappa shape index (κ2) is 5.70. The van der Waals surface area contributed by atoms with Crippen molar-refractivity contribution < 1.29 is 14.3 Å². The van der Waals surface area contributed by atoms with Gasteiger partial charge in [0.2, 0.25) is 5.91 Å². The minimum Gasteiger partial charge on any atom is -0.465 e. The SMILES string of the molecule is CCOC(=O)CNC(C)C(=O)NC1CC1. The molecule has 0 aromatic carbocycles. The van der Waals surface area contributed by atoms with Gasteiger partial charge in [0.25, 0.3) is 0 Å². The van der Waals surface area contributed by atoms with E-state index in [1.165, 1.54) is 0 Å². The van der Waals surface area contributed by atoms with Crippen molar-refractivity contribution in [3.63, 3.8) is 0 Å². The highest BCUT2D eigenvalue weighted by Gasteiger charge is 2.25. The van der Waals surface area contributed by atoms with Gasteiger partial charge in [-0.25, -0.2) is 0 Å². The van der Waals surface area contributed by atoms with Crippen LogP contribution in [-0.4, -0.2) is 37.1 Å². The van der Waals surface area contributed by atoms with Crippen LogP contribution >= 0.6 is 0 Å². The molecule has 0 aliphatic heterocycles. The number of amides is 1. The third-order valence-electron chi connectivity index (χ3n) is 2.17. The van der Waals surface area contributed by atoms with Crippen LogP contribution in [0, 0.1) is 0 Å². The summed E-state index contributed by atoms with van der Waals surface area (Å²) in [6.07, 6.45) is 2.13. The largest absolute Gasteiger partial charge is 0.465 e.